The van der Waals surface area contributed by atoms with Gasteiger partial charge in [0.25, 0.3) is 0 Å². The van der Waals surface area contributed by atoms with Crippen molar-refractivity contribution in [2.24, 2.45) is 5.92 Å². The van der Waals surface area contributed by atoms with E-state index in [-0.39, 0.29) is 24.2 Å². The van der Waals surface area contributed by atoms with Crippen molar-refractivity contribution in [1.82, 2.24) is 4.90 Å². The van der Waals surface area contributed by atoms with Crippen molar-refractivity contribution < 1.29 is 9.53 Å². The second-order valence-corrected chi connectivity index (χ2v) is 6.10. The molecule has 2 amide bonds. The number of urea groups is 1. The predicted molar refractivity (Wildman–Crippen MR) is 83.4 cm³/mol. The molecule has 1 aromatic carbocycles. The van der Waals surface area contributed by atoms with Crippen LogP contribution in [0.4, 0.5) is 10.5 Å². The fourth-order valence-electron chi connectivity index (χ4n) is 3.32. The molecule has 21 heavy (non-hydrogen) atoms. The molecule has 0 bridgehead atoms. The lowest BCUT2D eigenvalue weighted by atomic mass is 10.1. The molecule has 1 fully saturated rings. The van der Waals surface area contributed by atoms with Gasteiger partial charge >= 0.3 is 6.03 Å². The van der Waals surface area contributed by atoms with Gasteiger partial charge in [-0.15, -0.1) is 0 Å². The summed E-state index contributed by atoms with van der Waals surface area (Å²) in [5.74, 6) is 0.434. The third-order valence-corrected chi connectivity index (χ3v) is 4.16. The molecule has 1 aromatic rings. The third-order valence-electron chi connectivity index (χ3n) is 4.16. The van der Waals surface area contributed by atoms with Crippen molar-refractivity contribution in [2.75, 3.05) is 18.6 Å². The first-order valence-electron chi connectivity index (χ1n) is 7.49. The molecule has 3 rings (SSSR count). The van der Waals surface area contributed by atoms with E-state index in [1.165, 1.54) is 0 Å². The molecule has 1 heterocycles. The highest BCUT2D eigenvalue weighted by Crippen LogP contribution is 2.36. The topological polar surface area (TPSA) is 32.8 Å². The molecule has 0 saturated carbocycles. The summed E-state index contributed by atoms with van der Waals surface area (Å²) in [7, 11) is 1.71. The van der Waals surface area contributed by atoms with Gasteiger partial charge in [-0.2, -0.15) is 0 Å². The number of methoxy groups -OCH3 is 1. The first kappa shape index (κ1) is 14.1. The Balaban J connectivity index is 1.96. The molecule has 4 nitrogen and oxygen atoms in total. The molecule has 0 unspecified atom stereocenters. The van der Waals surface area contributed by atoms with Gasteiger partial charge in [-0.05, 0) is 18.1 Å². The van der Waals surface area contributed by atoms with Crippen LogP contribution in [-0.2, 0) is 4.74 Å². The van der Waals surface area contributed by atoms with E-state index in [2.05, 4.69) is 26.0 Å². The summed E-state index contributed by atoms with van der Waals surface area (Å²) in [6.07, 6.45) is 4.15. The van der Waals surface area contributed by atoms with Gasteiger partial charge < -0.3 is 9.64 Å². The number of hydrogen-bond acceptors (Lipinski definition) is 2. The monoisotopic (exact) mass is 286 g/mol. The number of rotatable bonds is 4. The van der Waals surface area contributed by atoms with E-state index < -0.39 is 0 Å². The highest BCUT2D eigenvalue weighted by atomic mass is 16.5. The van der Waals surface area contributed by atoms with Gasteiger partial charge in [-0.25, -0.2) is 4.79 Å². The molecule has 1 aliphatic heterocycles. The summed E-state index contributed by atoms with van der Waals surface area (Å²) in [5.41, 5.74) is 0.949. The quantitative estimate of drug-likeness (QED) is 0.797. The average Bonchev–Trinajstić information content (AvgIpc) is 2.99. The van der Waals surface area contributed by atoms with E-state index in [0.29, 0.717) is 5.92 Å². The fraction of sp³-hybridized carbons (Fsp3) is 0.471. The van der Waals surface area contributed by atoms with E-state index in [9.17, 15) is 4.79 Å². The standard InChI is InChI=1S/C17H22N2O2/c1-12(2)11-18-16-14(9-10-15(16)21-3)19(17(18)20)13-7-5-4-6-8-13/h4-10,12,14-16H,11H2,1-3H3/t14-,15-,16-/m1/s1. The molecule has 112 valence electrons. The Morgan fingerprint density at radius 1 is 1.19 bits per heavy atom. The number of ether oxygens (including phenoxy) is 1. The Morgan fingerprint density at radius 2 is 1.90 bits per heavy atom. The normalized spacial score (nSPS) is 27.8. The molecule has 1 aliphatic carbocycles. The lowest BCUT2D eigenvalue weighted by Gasteiger charge is -2.28. The maximum absolute atomic E-state index is 12.9. The third kappa shape index (κ3) is 2.33. The zero-order valence-corrected chi connectivity index (χ0v) is 12.8. The van der Waals surface area contributed by atoms with E-state index in [1.807, 2.05) is 40.1 Å². The van der Waals surface area contributed by atoms with Crippen LogP contribution in [-0.4, -0.2) is 42.8 Å². The van der Waals surface area contributed by atoms with E-state index in [0.717, 1.165) is 12.2 Å². The highest BCUT2D eigenvalue weighted by molar-refractivity contribution is 5.96. The van der Waals surface area contributed by atoms with E-state index in [1.54, 1.807) is 7.11 Å². The molecule has 0 spiro atoms. The Morgan fingerprint density at radius 3 is 2.52 bits per heavy atom. The summed E-state index contributed by atoms with van der Waals surface area (Å²) < 4.78 is 5.56. The van der Waals surface area contributed by atoms with Gasteiger partial charge in [0.1, 0.15) is 0 Å². The zero-order valence-electron chi connectivity index (χ0n) is 12.8. The number of anilines is 1. The number of amides is 2. The Labute approximate surface area is 126 Å². The molecule has 0 N–H and O–H groups in total. The minimum Gasteiger partial charge on any atom is -0.375 e. The molecule has 3 atom stereocenters. The second-order valence-electron chi connectivity index (χ2n) is 6.10. The Kier molecular flexibility index (Phi) is 3.72. The number of fused-ring (bicyclic) bond motifs is 1. The van der Waals surface area contributed by atoms with Crippen molar-refractivity contribution in [3.05, 3.63) is 42.5 Å². The van der Waals surface area contributed by atoms with Gasteiger partial charge in [0.2, 0.25) is 0 Å². The van der Waals surface area contributed by atoms with Crippen LogP contribution in [0.2, 0.25) is 0 Å². The minimum absolute atomic E-state index is 0.0218. The summed E-state index contributed by atoms with van der Waals surface area (Å²) in [4.78, 5) is 16.7. The van der Waals surface area contributed by atoms with Crippen LogP contribution in [0.15, 0.2) is 42.5 Å². The second kappa shape index (κ2) is 5.53. The summed E-state index contributed by atoms with van der Waals surface area (Å²) in [5, 5.41) is 0. The summed E-state index contributed by atoms with van der Waals surface area (Å²) >= 11 is 0. The van der Waals surface area contributed by atoms with Crippen LogP contribution in [0.25, 0.3) is 0 Å². The zero-order chi connectivity index (χ0) is 15.0. The summed E-state index contributed by atoms with van der Waals surface area (Å²) in [6.45, 7) is 5.03. The van der Waals surface area contributed by atoms with Gasteiger partial charge in [-0.3, -0.25) is 4.90 Å². The van der Waals surface area contributed by atoms with Crippen LogP contribution >= 0.6 is 0 Å². The van der Waals surface area contributed by atoms with Crippen LogP contribution in [0, 0.1) is 5.92 Å². The number of hydrogen-bond donors (Lipinski definition) is 0. The molecule has 1 saturated heterocycles. The maximum Gasteiger partial charge on any atom is 0.325 e. The largest absolute Gasteiger partial charge is 0.375 e. The molecular weight excluding hydrogens is 264 g/mol. The van der Waals surface area contributed by atoms with Crippen LogP contribution in [0.1, 0.15) is 13.8 Å². The van der Waals surface area contributed by atoms with Crippen molar-refractivity contribution in [3.8, 4) is 0 Å². The van der Waals surface area contributed by atoms with Crippen LogP contribution < -0.4 is 4.90 Å². The fourth-order valence-corrected chi connectivity index (χ4v) is 3.32. The number of para-hydroxylation sites is 1. The van der Waals surface area contributed by atoms with Crippen LogP contribution in [0.3, 0.4) is 0 Å². The first-order chi connectivity index (χ1) is 10.1. The van der Waals surface area contributed by atoms with Crippen molar-refractivity contribution >= 4 is 11.7 Å². The van der Waals surface area contributed by atoms with Gasteiger partial charge in [0, 0.05) is 19.3 Å². The average molecular weight is 286 g/mol. The van der Waals surface area contributed by atoms with Gasteiger partial charge in [-0.1, -0.05) is 44.2 Å². The van der Waals surface area contributed by atoms with Crippen molar-refractivity contribution in [2.45, 2.75) is 32.0 Å². The summed E-state index contributed by atoms with van der Waals surface area (Å²) in [6, 6.07) is 10.1. The molecule has 2 aliphatic rings. The maximum atomic E-state index is 12.9. The van der Waals surface area contributed by atoms with E-state index in [4.69, 9.17) is 4.74 Å². The lowest BCUT2D eigenvalue weighted by molar-refractivity contribution is 0.0738. The lowest BCUT2D eigenvalue weighted by Crippen LogP contribution is -2.44. The number of carbonyl (C=O) groups excluding carboxylic acids is 1. The van der Waals surface area contributed by atoms with Gasteiger partial charge in [0.15, 0.2) is 0 Å². The van der Waals surface area contributed by atoms with E-state index >= 15 is 0 Å². The minimum atomic E-state index is -0.0218. The molecular formula is C17H22N2O2. The predicted octanol–water partition coefficient (Wildman–Crippen LogP) is 2.91. The number of benzene rings is 1. The molecule has 0 radical (unpaired) electrons. The van der Waals surface area contributed by atoms with Gasteiger partial charge in [0.05, 0.1) is 18.2 Å². The molecule has 4 heteroatoms. The molecule has 0 aromatic heterocycles. The van der Waals surface area contributed by atoms with Crippen LogP contribution in [0.5, 0.6) is 0 Å². The Bertz CT molecular complexity index is 541. The number of nitrogens with zero attached hydrogens (tertiary/aromatic N) is 2. The van der Waals surface area contributed by atoms with Crippen molar-refractivity contribution in [1.29, 1.82) is 0 Å². The number of carbonyl (C=O) groups is 1. The smallest absolute Gasteiger partial charge is 0.325 e. The SMILES string of the molecule is CO[C@@H]1C=C[C@@H]2[C@H]1N(CC(C)C)C(=O)N2c1ccccc1. The first-order valence-corrected chi connectivity index (χ1v) is 7.49. The van der Waals surface area contributed by atoms with Crippen molar-refractivity contribution in [3.63, 3.8) is 0 Å². The Hall–Kier alpha value is -1.81. The highest BCUT2D eigenvalue weighted by Gasteiger charge is 2.50.